The van der Waals surface area contributed by atoms with Crippen LogP contribution >= 0.6 is 22.9 Å². The van der Waals surface area contributed by atoms with Gasteiger partial charge in [-0.05, 0) is 37.4 Å². The Hall–Kier alpha value is -1.72. The second-order valence-electron chi connectivity index (χ2n) is 4.53. The van der Waals surface area contributed by atoms with Crippen LogP contribution in [-0.4, -0.2) is 12.6 Å². The van der Waals surface area contributed by atoms with Crippen molar-refractivity contribution >= 4 is 40.3 Å². The Morgan fingerprint density at radius 1 is 1.52 bits per heavy atom. The molecular formula is C15H17ClN2O2S. The van der Waals surface area contributed by atoms with E-state index in [2.05, 4.69) is 5.32 Å². The van der Waals surface area contributed by atoms with Crippen LogP contribution in [0, 0.1) is 0 Å². The Labute approximate surface area is 132 Å². The van der Waals surface area contributed by atoms with E-state index < -0.39 is 5.97 Å². The van der Waals surface area contributed by atoms with E-state index in [1.165, 1.54) is 0 Å². The van der Waals surface area contributed by atoms with Gasteiger partial charge in [0.15, 0.2) is 0 Å². The fourth-order valence-corrected chi connectivity index (χ4v) is 2.99. The van der Waals surface area contributed by atoms with Gasteiger partial charge in [0.1, 0.15) is 0 Å². The largest absolute Gasteiger partial charge is 0.462 e. The number of nitrogens with two attached hydrogens (primary N) is 1. The molecule has 4 nitrogen and oxygen atoms in total. The molecule has 1 atom stereocenters. The molecule has 1 aromatic heterocycles. The standard InChI is InChI=1S/C15H17ClN2O2S/c1-3-20-15(19)11-7-10(17)8-12(16)14(11)18-9(2)13-5-4-6-21-13/h4-9,18H,3,17H2,1-2H3. The normalized spacial score (nSPS) is 12.0. The van der Waals surface area contributed by atoms with Gasteiger partial charge in [-0.2, -0.15) is 0 Å². The lowest BCUT2D eigenvalue weighted by atomic mass is 10.1. The van der Waals surface area contributed by atoms with E-state index in [4.69, 9.17) is 22.1 Å². The van der Waals surface area contributed by atoms with Crippen LogP contribution in [0.5, 0.6) is 0 Å². The summed E-state index contributed by atoms with van der Waals surface area (Å²) in [7, 11) is 0. The molecule has 0 bridgehead atoms. The number of rotatable bonds is 5. The molecule has 2 aromatic rings. The van der Waals surface area contributed by atoms with Crippen LogP contribution in [0.2, 0.25) is 5.02 Å². The highest BCUT2D eigenvalue weighted by Crippen LogP contribution is 2.33. The lowest BCUT2D eigenvalue weighted by molar-refractivity contribution is 0.0527. The van der Waals surface area contributed by atoms with Crippen LogP contribution in [0.4, 0.5) is 11.4 Å². The number of anilines is 2. The van der Waals surface area contributed by atoms with Crippen LogP contribution in [0.25, 0.3) is 0 Å². The molecule has 0 fully saturated rings. The summed E-state index contributed by atoms with van der Waals surface area (Å²) in [5.74, 6) is -0.437. The first-order valence-electron chi connectivity index (χ1n) is 6.59. The molecule has 0 saturated heterocycles. The van der Waals surface area contributed by atoms with E-state index in [-0.39, 0.29) is 6.04 Å². The summed E-state index contributed by atoms with van der Waals surface area (Å²) in [6.45, 7) is 4.06. The zero-order chi connectivity index (χ0) is 15.4. The highest BCUT2D eigenvalue weighted by Gasteiger charge is 2.19. The van der Waals surface area contributed by atoms with Gasteiger partial charge in [0.25, 0.3) is 0 Å². The lowest BCUT2D eigenvalue weighted by Gasteiger charge is -2.18. The molecule has 2 rings (SSSR count). The van der Waals surface area contributed by atoms with Gasteiger partial charge in [-0.1, -0.05) is 17.7 Å². The fourth-order valence-electron chi connectivity index (χ4n) is 1.97. The minimum atomic E-state index is -0.437. The van der Waals surface area contributed by atoms with E-state index in [9.17, 15) is 4.79 Å². The zero-order valence-electron chi connectivity index (χ0n) is 11.9. The Morgan fingerprint density at radius 2 is 2.29 bits per heavy atom. The molecule has 0 saturated carbocycles. The number of nitrogen functional groups attached to an aromatic ring is 1. The van der Waals surface area contributed by atoms with Crippen molar-refractivity contribution in [2.45, 2.75) is 19.9 Å². The first kappa shape index (κ1) is 15.7. The van der Waals surface area contributed by atoms with Crippen molar-refractivity contribution in [3.8, 4) is 0 Å². The van der Waals surface area contributed by atoms with Gasteiger partial charge in [-0.15, -0.1) is 11.3 Å². The molecule has 3 N–H and O–H groups in total. The van der Waals surface area contributed by atoms with Gasteiger partial charge in [-0.25, -0.2) is 4.79 Å². The number of thiophene rings is 1. The SMILES string of the molecule is CCOC(=O)c1cc(N)cc(Cl)c1NC(C)c1cccs1. The summed E-state index contributed by atoms with van der Waals surface area (Å²) in [5.41, 5.74) is 7.10. The third-order valence-electron chi connectivity index (χ3n) is 2.94. The second kappa shape index (κ2) is 6.83. The fraction of sp³-hybridized carbons (Fsp3) is 0.267. The van der Waals surface area contributed by atoms with Crippen LogP contribution in [0.1, 0.15) is 35.1 Å². The molecule has 21 heavy (non-hydrogen) atoms. The maximum atomic E-state index is 12.1. The number of benzene rings is 1. The first-order chi connectivity index (χ1) is 10.0. The number of hydrogen-bond donors (Lipinski definition) is 2. The van der Waals surface area contributed by atoms with Crippen LogP contribution < -0.4 is 11.1 Å². The van der Waals surface area contributed by atoms with Crippen molar-refractivity contribution in [1.82, 2.24) is 0 Å². The maximum absolute atomic E-state index is 12.1. The molecule has 1 heterocycles. The van der Waals surface area contributed by atoms with Gasteiger partial charge in [0.2, 0.25) is 0 Å². The van der Waals surface area contributed by atoms with E-state index in [1.54, 1.807) is 30.4 Å². The predicted octanol–water partition coefficient (Wildman–Crippen LogP) is 4.33. The Bertz CT molecular complexity index is 629. The molecule has 0 aliphatic carbocycles. The van der Waals surface area contributed by atoms with Gasteiger partial charge < -0.3 is 15.8 Å². The third-order valence-corrected chi connectivity index (χ3v) is 4.29. The molecule has 6 heteroatoms. The highest BCUT2D eigenvalue weighted by molar-refractivity contribution is 7.10. The molecule has 0 spiro atoms. The van der Waals surface area contributed by atoms with Crippen LogP contribution in [0.15, 0.2) is 29.6 Å². The minimum Gasteiger partial charge on any atom is -0.462 e. The number of esters is 1. The highest BCUT2D eigenvalue weighted by atomic mass is 35.5. The van der Waals surface area contributed by atoms with Crippen LogP contribution in [0.3, 0.4) is 0 Å². The van der Waals surface area contributed by atoms with Crippen molar-refractivity contribution in [2.75, 3.05) is 17.7 Å². The third kappa shape index (κ3) is 3.68. The summed E-state index contributed by atoms with van der Waals surface area (Å²) >= 11 is 7.87. The summed E-state index contributed by atoms with van der Waals surface area (Å²) in [6, 6.07) is 7.23. The predicted molar refractivity (Wildman–Crippen MR) is 88.2 cm³/mol. The number of ether oxygens (including phenoxy) is 1. The van der Waals surface area contributed by atoms with Gasteiger partial charge in [0.05, 0.1) is 28.9 Å². The Balaban J connectivity index is 2.35. The smallest absolute Gasteiger partial charge is 0.340 e. The molecule has 112 valence electrons. The van der Waals surface area contributed by atoms with Crippen molar-refractivity contribution in [2.24, 2.45) is 0 Å². The van der Waals surface area contributed by atoms with Crippen molar-refractivity contribution in [3.63, 3.8) is 0 Å². The van der Waals surface area contributed by atoms with E-state index >= 15 is 0 Å². The summed E-state index contributed by atoms with van der Waals surface area (Å²) in [5, 5.41) is 5.68. The number of halogens is 1. The molecule has 1 unspecified atom stereocenters. The number of carbonyl (C=O) groups excluding carboxylic acids is 1. The minimum absolute atomic E-state index is 0.0271. The summed E-state index contributed by atoms with van der Waals surface area (Å²) in [4.78, 5) is 13.2. The molecule has 0 aliphatic rings. The van der Waals surface area contributed by atoms with E-state index in [0.29, 0.717) is 28.6 Å². The monoisotopic (exact) mass is 324 g/mol. The van der Waals surface area contributed by atoms with Gasteiger partial charge in [-0.3, -0.25) is 0 Å². The quantitative estimate of drug-likeness (QED) is 0.634. The van der Waals surface area contributed by atoms with Crippen LogP contribution in [-0.2, 0) is 4.74 Å². The summed E-state index contributed by atoms with van der Waals surface area (Å²) < 4.78 is 5.06. The second-order valence-corrected chi connectivity index (χ2v) is 5.91. The Kier molecular flexibility index (Phi) is 5.09. The van der Waals surface area contributed by atoms with E-state index in [1.807, 2.05) is 24.4 Å². The first-order valence-corrected chi connectivity index (χ1v) is 7.84. The number of carbonyl (C=O) groups is 1. The molecule has 0 aliphatic heterocycles. The topological polar surface area (TPSA) is 64.3 Å². The number of hydrogen-bond acceptors (Lipinski definition) is 5. The van der Waals surface area contributed by atoms with Gasteiger partial charge in [0, 0.05) is 10.6 Å². The molecule has 0 radical (unpaired) electrons. The van der Waals surface area contributed by atoms with Crippen molar-refractivity contribution < 1.29 is 9.53 Å². The lowest BCUT2D eigenvalue weighted by Crippen LogP contribution is -2.13. The molecule has 0 amide bonds. The molecule has 1 aromatic carbocycles. The number of nitrogens with one attached hydrogen (secondary N) is 1. The van der Waals surface area contributed by atoms with E-state index in [0.717, 1.165) is 4.88 Å². The van der Waals surface area contributed by atoms with Crippen molar-refractivity contribution in [1.29, 1.82) is 0 Å². The van der Waals surface area contributed by atoms with Gasteiger partial charge >= 0.3 is 5.97 Å². The average molecular weight is 325 g/mol. The zero-order valence-corrected chi connectivity index (χ0v) is 13.4. The molecular weight excluding hydrogens is 308 g/mol. The van der Waals surface area contributed by atoms with Crippen molar-refractivity contribution in [3.05, 3.63) is 45.1 Å². The average Bonchev–Trinajstić information content (AvgIpc) is 2.95. The maximum Gasteiger partial charge on any atom is 0.340 e. The summed E-state index contributed by atoms with van der Waals surface area (Å²) in [6.07, 6.45) is 0. The Morgan fingerprint density at radius 3 is 2.90 bits per heavy atom.